The second kappa shape index (κ2) is 6.41. The van der Waals surface area contributed by atoms with Crippen molar-refractivity contribution >= 4 is 11.9 Å². The Balaban J connectivity index is 1.90. The summed E-state index contributed by atoms with van der Waals surface area (Å²) in [5, 5.41) is 11.9. The standard InChI is InChI=1S/C15H19NO4/c1-20-11-7-5-10(6-8-11)9-14(17)16-13-4-2-3-12(13)15(18)19/h5-8,12-13H,2-4,9H2,1H3,(H,16,17)(H,18,19)/t12-,13+/m0/s1. The molecule has 0 spiro atoms. The average molecular weight is 277 g/mol. The molecule has 108 valence electrons. The second-order valence-electron chi connectivity index (χ2n) is 5.07. The van der Waals surface area contributed by atoms with Crippen molar-refractivity contribution in [1.29, 1.82) is 0 Å². The van der Waals surface area contributed by atoms with Gasteiger partial charge in [0.1, 0.15) is 5.75 Å². The molecule has 1 aromatic carbocycles. The number of carbonyl (C=O) groups is 2. The minimum atomic E-state index is -0.822. The van der Waals surface area contributed by atoms with Crippen LogP contribution in [0, 0.1) is 5.92 Å². The predicted molar refractivity (Wildman–Crippen MR) is 73.6 cm³/mol. The first-order valence-electron chi connectivity index (χ1n) is 6.75. The predicted octanol–water partition coefficient (Wildman–Crippen LogP) is 1.61. The van der Waals surface area contributed by atoms with Gasteiger partial charge in [0, 0.05) is 6.04 Å². The highest BCUT2D eigenvalue weighted by Crippen LogP contribution is 2.25. The zero-order valence-corrected chi connectivity index (χ0v) is 11.5. The number of carboxylic acid groups (broad SMARTS) is 1. The molecule has 0 aromatic heterocycles. The summed E-state index contributed by atoms with van der Waals surface area (Å²) in [5.41, 5.74) is 0.883. The van der Waals surface area contributed by atoms with Crippen LogP contribution in [-0.2, 0) is 16.0 Å². The molecule has 2 N–H and O–H groups in total. The summed E-state index contributed by atoms with van der Waals surface area (Å²) in [6.07, 6.45) is 2.49. The van der Waals surface area contributed by atoms with Crippen LogP contribution in [0.3, 0.4) is 0 Å². The van der Waals surface area contributed by atoms with Crippen LogP contribution in [0.15, 0.2) is 24.3 Å². The van der Waals surface area contributed by atoms with Crippen molar-refractivity contribution in [1.82, 2.24) is 5.32 Å². The minimum Gasteiger partial charge on any atom is -0.497 e. The monoisotopic (exact) mass is 277 g/mol. The zero-order chi connectivity index (χ0) is 14.5. The van der Waals surface area contributed by atoms with Gasteiger partial charge < -0.3 is 15.2 Å². The van der Waals surface area contributed by atoms with E-state index in [1.54, 1.807) is 19.2 Å². The SMILES string of the molecule is COc1ccc(CC(=O)N[C@@H]2CCC[C@@H]2C(=O)O)cc1. The number of amides is 1. The lowest BCUT2D eigenvalue weighted by Crippen LogP contribution is -2.40. The first kappa shape index (κ1) is 14.4. The van der Waals surface area contributed by atoms with Gasteiger partial charge in [-0.25, -0.2) is 0 Å². The third kappa shape index (κ3) is 3.50. The Bertz CT molecular complexity index is 483. The molecule has 0 radical (unpaired) electrons. The molecule has 1 saturated carbocycles. The number of ether oxygens (including phenoxy) is 1. The van der Waals surface area contributed by atoms with E-state index in [0.717, 1.165) is 24.2 Å². The summed E-state index contributed by atoms with van der Waals surface area (Å²) in [5.74, 6) is -0.656. The van der Waals surface area contributed by atoms with Gasteiger partial charge in [0.25, 0.3) is 0 Å². The van der Waals surface area contributed by atoms with E-state index in [0.29, 0.717) is 6.42 Å². The maximum Gasteiger partial charge on any atom is 0.308 e. The summed E-state index contributed by atoms with van der Waals surface area (Å²) < 4.78 is 5.06. The average Bonchev–Trinajstić information content (AvgIpc) is 2.87. The maximum atomic E-state index is 12.0. The Labute approximate surface area is 117 Å². The number of carbonyl (C=O) groups excluding carboxylic acids is 1. The molecule has 0 heterocycles. The van der Waals surface area contributed by atoms with Gasteiger partial charge in [-0.05, 0) is 30.5 Å². The van der Waals surface area contributed by atoms with Crippen LogP contribution >= 0.6 is 0 Å². The number of rotatable bonds is 5. The smallest absolute Gasteiger partial charge is 0.308 e. The van der Waals surface area contributed by atoms with Crippen molar-refractivity contribution in [2.45, 2.75) is 31.7 Å². The van der Waals surface area contributed by atoms with E-state index in [2.05, 4.69) is 5.32 Å². The number of hydrogen-bond donors (Lipinski definition) is 2. The number of aliphatic carboxylic acids is 1. The highest BCUT2D eigenvalue weighted by Gasteiger charge is 2.33. The highest BCUT2D eigenvalue weighted by atomic mass is 16.5. The van der Waals surface area contributed by atoms with E-state index >= 15 is 0 Å². The maximum absolute atomic E-state index is 12.0. The van der Waals surface area contributed by atoms with Gasteiger partial charge in [0.05, 0.1) is 19.4 Å². The summed E-state index contributed by atoms with van der Waals surface area (Å²) in [6, 6.07) is 7.04. The van der Waals surface area contributed by atoms with Gasteiger partial charge in [-0.1, -0.05) is 18.6 Å². The van der Waals surface area contributed by atoms with Crippen LogP contribution in [-0.4, -0.2) is 30.1 Å². The lowest BCUT2D eigenvalue weighted by Gasteiger charge is -2.17. The third-order valence-corrected chi connectivity index (χ3v) is 3.70. The molecule has 5 nitrogen and oxygen atoms in total. The molecule has 0 unspecified atom stereocenters. The van der Waals surface area contributed by atoms with Crippen molar-refractivity contribution in [2.75, 3.05) is 7.11 Å². The zero-order valence-electron chi connectivity index (χ0n) is 11.5. The quantitative estimate of drug-likeness (QED) is 0.857. The van der Waals surface area contributed by atoms with E-state index in [4.69, 9.17) is 9.84 Å². The molecule has 2 atom stereocenters. The van der Waals surface area contributed by atoms with Crippen molar-refractivity contribution < 1.29 is 19.4 Å². The highest BCUT2D eigenvalue weighted by molar-refractivity contribution is 5.80. The first-order chi connectivity index (χ1) is 9.60. The molecular weight excluding hydrogens is 258 g/mol. The number of nitrogens with one attached hydrogen (secondary N) is 1. The lowest BCUT2D eigenvalue weighted by molar-refractivity contribution is -0.142. The topological polar surface area (TPSA) is 75.6 Å². The Morgan fingerprint density at radius 1 is 1.30 bits per heavy atom. The lowest BCUT2D eigenvalue weighted by atomic mass is 10.0. The third-order valence-electron chi connectivity index (χ3n) is 3.70. The molecular formula is C15H19NO4. The van der Waals surface area contributed by atoms with Gasteiger partial charge in [-0.3, -0.25) is 9.59 Å². The number of carboxylic acids is 1. The van der Waals surface area contributed by atoms with Crippen LogP contribution in [0.2, 0.25) is 0 Å². The van der Waals surface area contributed by atoms with E-state index in [1.165, 1.54) is 0 Å². The molecule has 1 aliphatic rings. The normalized spacial score (nSPS) is 21.4. The van der Waals surface area contributed by atoms with Gasteiger partial charge >= 0.3 is 5.97 Å². The summed E-state index contributed by atoms with van der Waals surface area (Å²) in [6.45, 7) is 0. The van der Waals surface area contributed by atoms with Gasteiger partial charge in [0.15, 0.2) is 0 Å². The van der Waals surface area contributed by atoms with Gasteiger partial charge in [-0.2, -0.15) is 0 Å². The minimum absolute atomic E-state index is 0.131. The fraction of sp³-hybridized carbons (Fsp3) is 0.467. The Morgan fingerprint density at radius 2 is 2.00 bits per heavy atom. The summed E-state index contributed by atoms with van der Waals surface area (Å²) in [4.78, 5) is 23.0. The number of methoxy groups -OCH3 is 1. The van der Waals surface area contributed by atoms with Crippen molar-refractivity contribution in [3.63, 3.8) is 0 Å². The van der Waals surface area contributed by atoms with Crippen LogP contribution in [0.4, 0.5) is 0 Å². The molecule has 1 aromatic rings. The molecule has 1 amide bonds. The Morgan fingerprint density at radius 3 is 2.60 bits per heavy atom. The van der Waals surface area contributed by atoms with Crippen molar-refractivity contribution in [2.24, 2.45) is 5.92 Å². The van der Waals surface area contributed by atoms with Crippen LogP contribution in [0.1, 0.15) is 24.8 Å². The Hall–Kier alpha value is -2.04. The number of hydrogen-bond acceptors (Lipinski definition) is 3. The molecule has 0 saturated heterocycles. The molecule has 20 heavy (non-hydrogen) atoms. The molecule has 0 aliphatic heterocycles. The molecule has 1 fully saturated rings. The van der Waals surface area contributed by atoms with E-state index in [9.17, 15) is 9.59 Å². The second-order valence-corrected chi connectivity index (χ2v) is 5.07. The molecule has 2 rings (SSSR count). The van der Waals surface area contributed by atoms with E-state index in [1.807, 2.05) is 12.1 Å². The van der Waals surface area contributed by atoms with Crippen molar-refractivity contribution in [3.05, 3.63) is 29.8 Å². The van der Waals surface area contributed by atoms with E-state index < -0.39 is 11.9 Å². The van der Waals surface area contributed by atoms with Crippen molar-refractivity contribution in [3.8, 4) is 5.75 Å². The summed E-state index contributed by atoms with van der Waals surface area (Å²) in [7, 11) is 1.59. The molecule has 0 bridgehead atoms. The van der Waals surface area contributed by atoms with Crippen LogP contribution in [0.5, 0.6) is 5.75 Å². The largest absolute Gasteiger partial charge is 0.497 e. The number of benzene rings is 1. The first-order valence-corrected chi connectivity index (χ1v) is 6.75. The molecule has 5 heteroatoms. The van der Waals surface area contributed by atoms with Gasteiger partial charge in [0.2, 0.25) is 5.91 Å². The fourth-order valence-electron chi connectivity index (χ4n) is 2.61. The summed E-state index contributed by atoms with van der Waals surface area (Å²) >= 11 is 0. The van der Waals surface area contributed by atoms with Gasteiger partial charge in [-0.15, -0.1) is 0 Å². The Kier molecular flexibility index (Phi) is 4.61. The molecule has 1 aliphatic carbocycles. The van der Waals surface area contributed by atoms with Crippen LogP contribution < -0.4 is 10.1 Å². The van der Waals surface area contributed by atoms with E-state index in [-0.39, 0.29) is 18.4 Å². The van der Waals surface area contributed by atoms with Crippen LogP contribution in [0.25, 0.3) is 0 Å². The fourth-order valence-corrected chi connectivity index (χ4v) is 2.61.